The molecule has 4 aromatic carbocycles. The van der Waals surface area contributed by atoms with E-state index in [2.05, 4.69) is 22.7 Å². The monoisotopic (exact) mass is 739 g/mol. The first kappa shape index (κ1) is 38.0. The van der Waals surface area contributed by atoms with Gasteiger partial charge in [0.15, 0.2) is 40.6 Å². The van der Waals surface area contributed by atoms with Gasteiger partial charge in [-0.3, -0.25) is 4.79 Å². The van der Waals surface area contributed by atoms with E-state index in [-0.39, 0.29) is 24.3 Å². The lowest BCUT2D eigenvalue weighted by Crippen LogP contribution is -2.38. The molecule has 12 nitrogen and oxygen atoms in total. The van der Waals surface area contributed by atoms with Gasteiger partial charge in [-0.15, -0.1) is 0 Å². The summed E-state index contributed by atoms with van der Waals surface area (Å²) in [5.74, 6) is 4.16. The molecule has 0 fully saturated rings. The highest BCUT2D eigenvalue weighted by atomic mass is 16.6. The Bertz CT molecular complexity index is 1920. The first-order chi connectivity index (χ1) is 26.3. The molecule has 54 heavy (non-hydrogen) atoms. The van der Waals surface area contributed by atoms with E-state index in [9.17, 15) is 4.79 Å². The smallest absolute Gasteiger partial charge is 0.255 e. The summed E-state index contributed by atoms with van der Waals surface area (Å²) >= 11 is 0. The Labute approximate surface area is 316 Å². The second-order valence-electron chi connectivity index (χ2n) is 13.1. The molecule has 6 rings (SSSR count). The number of amides is 1. The van der Waals surface area contributed by atoms with Crippen LogP contribution in [0.15, 0.2) is 78.0 Å². The van der Waals surface area contributed by atoms with Crippen molar-refractivity contribution < 1.29 is 42.8 Å². The lowest BCUT2D eigenvalue weighted by atomic mass is 9.99. The molecule has 0 saturated heterocycles. The number of methoxy groups -OCH3 is 5. The van der Waals surface area contributed by atoms with Crippen LogP contribution < -0.4 is 43.8 Å². The molecule has 0 spiro atoms. The first-order valence-electron chi connectivity index (χ1n) is 18.2. The van der Waals surface area contributed by atoms with Gasteiger partial charge in [0.1, 0.15) is 6.17 Å². The molecule has 0 bridgehead atoms. The van der Waals surface area contributed by atoms with Crippen LogP contribution in [0.1, 0.15) is 84.8 Å². The molecule has 2 aliphatic rings. The van der Waals surface area contributed by atoms with E-state index in [1.165, 1.54) is 0 Å². The van der Waals surface area contributed by atoms with Gasteiger partial charge in [0.25, 0.3) is 5.91 Å². The third-order valence-electron chi connectivity index (χ3n) is 9.58. The van der Waals surface area contributed by atoms with Gasteiger partial charge in [-0.25, -0.2) is 0 Å². The summed E-state index contributed by atoms with van der Waals surface area (Å²) in [6.45, 7) is 2.65. The SMILES string of the molecule is COc1cc(C2NC(=O)c3ccccc3N2)ccc1OCCCCCCC(C)Oc1cc(C2CC(c3cc(OC)c(OC)c(OC)c3)=NO2)ccc1OC. The van der Waals surface area contributed by atoms with E-state index >= 15 is 0 Å². The number of carbonyl (C=O) groups is 1. The number of oxime groups is 1. The predicted molar refractivity (Wildman–Crippen MR) is 206 cm³/mol. The van der Waals surface area contributed by atoms with E-state index in [0.29, 0.717) is 58.8 Å². The van der Waals surface area contributed by atoms with E-state index in [1.807, 2.05) is 66.7 Å². The van der Waals surface area contributed by atoms with Crippen LogP contribution >= 0.6 is 0 Å². The molecule has 2 N–H and O–H groups in total. The highest BCUT2D eigenvalue weighted by molar-refractivity contribution is 6.02. The molecule has 0 saturated carbocycles. The summed E-state index contributed by atoms with van der Waals surface area (Å²) in [7, 11) is 8.02. The van der Waals surface area contributed by atoms with Crippen molar-refractivity contribution in [3.63, 3.8) is 0 Å². The number of anilines is 1. The molecule has 0 radical (unpaired) electrons. The summed E-state index contributed by atoms with van der Waals surface area (Å²) in [4.78, 5) is 18.5. The summed E-state index contributed by atoms with van der Waals surface area (Å²) in [5, 5.41) is 10.8. The van der Waals surface area contributed by atoms with Crippen LogP contribution in [0, 0.1) is 0 Å². The highest BCUT2D eigenvalue weighted by Gasteiger charge is 2.28. The van der Waals surface area contributed by atoms with Gasteiger partial charge in [-0.2, -0.15) is 0 Å². The third-order valence-corrected chi connectivity index (χ3v) is 9.58. The first-order valence-corrected chi connectivity index (χ1v) is 18.2. The molecular weight excluding hydrogens is 690 g/mol. The second kappa shape index (κ2) is 17.8. The Balaban J connectivity index is 0.944. The number of nitrogens with zero attached hydrogens (tertiary/aromatic N) is 1. The average molecular weight is 740 g/mol. The largest absolute Gasteiger partial charge is 0.493 e. The molecule has 0 aromatic heterocycles. The summed E-state index contributed by atoms with van der Waals surface area (Å²) in [6.07, 6.45) is 4.81. The minimum Gasteiger partial charge on any atom is -0.493 e. The number of unbranched alkanes of at least 4 members (excludes halogenated alkanes) is 3. The fraction of sp³-hybridized carbons (Fsp3) is 0.381. The number of rotatable bonds is 18. The zero-order valence-corrected chi connectivity index (χ0v) is 31.7. The Morgan fingerprint density at radius 2 is 1.41 bits per heavy atom. The molecule has 12 heteroatoms. The number of carbonyl (C=O) groups excluding carboxylic acids is 1. The van der Waals surface area contributed by atoms with Crippen LogP contribution in [-0.2, 0) is 4.84 Å². The maximum absolute atomic E-state index is 12.6. The Hall–Kier alpha value is -5.78. The predicted octanol–water partition coefficient (Wildman–Crippen LogP) is 8.25. The Morgan fingerprint density at radius 3 is 2.15 bits per heavy atom. The van der Waals surface area contributed by atoms with E-state index < -0.39 is 0 Å². The van der Waals surface area contributed by atoms with Crippen LogP contribution in [0.2, 0.25) is 0 Å². The molecule has 3 atom stereocenters. The van der Waals surface area contributed by atoms with Crippen molar-refractivity contribution in [2.75, 3.05) is 47.5 Å². The zero-order chi connectivity index (χ0) is 38.0. The van der Waals surface area contributed by atoms with Crippen molar-refractivity contribution in [2.45, 2.75) is 63.8 Å². The van der Waals surface area contributed by atoms with Crippen molar-refractivity contribution in [3.8, 4) is 40.2 Å². The van der Waals surface area contributed by atoms with Gasteiger partial charge < -0.3 is 48.6 Å². The van der Waals surface area contributed by atoms with Crippen LogP contribution in [0.25, 0.3) is 0 Å². The molecule has 3 unspecified atom stereocenters. The lowest BCUT2D eigenvalue weighted by molar-refractivity contribution is 0.0852. The van der Waals surface area contributed by atoms with E-state index in [0.717, 1.165) is 60.2 Å². The maximum Gasteiger partial charge on any atom is 0.255 e. The molecule has 2 aliphatic heterocycles. The molecule has 4 aromatic rings. The fourth-order valence-electron chi connectivity index (χ4n) is 6.66. The van der Waals surface area contributed by atoms with Crippen LogP contribution in [-0.4, -0.2) is 59.9 Å². The summed E-state index contributed by atoms with van der Waals surface area (Å²) in [6, 6.07) is 22.8. The standard InChI is InChI=1S/C42H49N3O9/c1-26(13-9-7-8-12-20-52-34-19-17-28(22-36(34)48-3)41-43-31-15-11-10-14-30(31)42(46)44-41)53-37-21-27(16-18-33(37)47-2)35-25-32(45-54-35)29-23-38(49-4)40(51-6)39(24-29)50-5/h10-11,14-19,21-24,26,35,41,43H,7-9,12-13,20,25H2,1-6H3,(H,44,46). The number of nitrogens with one attached hydrogen (secondary N) is 2. The zero-order valence-electron chi connectivity index (χ0n) is 31.7. The number of fused-ring (bicyclic) bond motifs is 1. The number of para-hydroxylation sites is 1. The quantitative estimate of drug-likeness (QED) is 0.0964. The van der Waals surface area contributed by atoms with Gasteiger partial charge in [-0.1, -0.05) is 42.3 Å². The molecule has 286 valence electrons. The van der Waals surface area contributed by atoms with Crippen molar-refractivity contribution in [1.29, 1.82) is 0 Å². The number of hydrogen-bond acceptors (Lipinski definition) is 11. The normalized spacial score (nSPS) is 16.5. The van der Waals surface area contributed by atoms with Crippen molar-refractivity contribution >= 4 is 17.3 Å². The molecule has 1 amide bonds. The van der Waals surface area contributed by atoms with Crippen LogP contribution in [0.5, 0.6) is 40.2 Å². The van der Waals surface area contributed by atoms with Crippen LogP contribution in [0.4, 0.5) is 5.69 Å². The van der Waals surface area contributed by atoms with Gasteiger partial charge in [0, 0.05) is 17.7 Å². The Kier molecular flexibility index (Phi) is 12.5. The van der Waals surface area contributed by atoms with Gasteiger partial charge in [0.05, 0.1) is 59.5 Å². The van der Waals surface area contributed by atoms with Gasteiger partial charge >= 0.3 is 0 Å². The van der Waals surface area contributed by atoms with Crippen LogP contribution in [0.3, 0.4) is 0 Å². The third kappa shape index (κ3) is 8.70. The molecule has 2 heterocycles. The maximum atomic E-state index is 12.6. The van der Waals surface area contributed by atoms with E-state index in [1.54, 1.807) is 41.6 Å². The van der Waals surface area contributed by atoms with Crippen molar-refractivity contribution in [3.05, 3.63) is 95.1 Å². The topological polar surface area (TPSA) is 127 Å². The number of benzene rings is 4. The summed E-state index contributed by atoms with van der Waals surface area (Å²) < 4.78 is 40.2. The number of ether oxygens (including phenoxy) is 7. The van der Waals surface area contributed by atoms with Crippen molar-refractivity contribution in [1.82, 2.24) is 5.32 Å². The fourth-order valence-corrected chi connectivity index (χ4v) is 6.66. The second-order valence-corrected chi connectivity index (χ2v) is 13.1. The summed E-state index contributed by atoms with van der Waals surface area (Å²) in [5.41, 5.74) is 4.87. The Morgan fingerprint density at radius 1 is 0.722 bits per heavy atom. The minimum absolute atomic E-state index is 0.0133. The highest BCUT2D eigenvalue weighted by Crippen LogP contribution is 2.41. The minimum atomic E-state index is -0.363. The van der Waals surface area contributed by atoms with Crippen molar-refractivity contribution in [2.24, 2.45) is 5.16 Å². The molecule has 0 aliphatic carbocycles. The lowest BCUT2D eigenvalue weighted by Gasteiger charge is -2.28. The number of hydrogen-bond donors (Lipinski definition) is 2. The average Bonchev–Trinajstić information content (AvgIpc) is 3.70. The van der Waals surface area contributed by atoms with Gasteiger partial charge in [-0.05, 0) is 85.8 Å². The van der Waals surface area contributed by atoms with E-state index in [4.69, 9.17) is 38.0 Å². The molecular formula is C42H49N3O9. The van der Waals surface area contributed by atoms with Gasteiger partial charge in [0.2, 0.25) is 5.75 Å².